The van der Waals surface area contributed by atoms with Crippen LogP contribution in [0.4, 0.5) is 0 Å². The number of nitrogens with zero attached hydrogens (tertiary/aromatic N) is 5. The number of amides is 1. The number of aryl methyl sites for hydroxylation is 1. The Balaban J connectivity index is 1.55. The van der Waals surface area contributed by atoms with Gasteiger partial charge in [0, 0.05) is 31.6 Å². The second kappa shape index (κ2) is 5.94. The number of rotatable bonds is 2. The van der Waals surface area contributed by atoms with E-state index >= 15 is 0 Å². The molecule has 0 N–H and O–H groups in total. The minimum absolute atomic E-state index is 0.0620. The van der Waals surface area contributed by atoms with Crippen molar-refractivity contribution in [2.45, 2.75) is 18.9 Å². The van der Waals surface area contributed by atoms with Gasteiger partial charge in [-0.1, -0.05) is 23.7 Å². The predicted octanol–water partition coefficient (Wildman–Crippen LogP) is 2.90. The van der Waals surface area contributed by atoms with Crippen LogP contribution in [0.15, 0.2) is 36.9 Å². The van der Waals surface area contributed by atoms with Crippen molar-refractivity contribution in [2.24, 2.45) is 7.05 Å². The van der Waals surface area contributed by atoms with Gasteiger partial charge in [0.15, 0.2) is 0 Å². The summed E-state index contributed by atoms with van der Waals surface area (Å²) in [5.74, 6) is 0.0620. The Morgan fingerprint density at radius 1 is 1.21 bits per heavy atom. The standard InChI is InChI=1S/C17H18ClN5O/c1-21-15(9-12-3-2-4-14(18)16(12)21)17(24)22-7-5-13(6-8-22)23-10-19-20-11-23/h2-4,9-11,13H,5-8H2,1H3. The molecule has 6 nitrogen and oxygen atoms in total. The van der Waals surface area contributed by atoms with Gasteiger partial charge in [0.25, 0.3) is 5.91 Å². The molecular formula is C17H18ClN5O. The number of aromatic nitrogens is 4. The average Bonchev–Trinajstić information content (AvgIpc) is 3.23. The molecule has 1 fully saturated rings. The second-order valence-corrected chi connectivity index (χ2v) is 6.61. The quantitative estimate of drug-likeness (QED) is 0.719. The van der Waals surface area contributed by atoms with Gasteiger partial charge >= 0.3 is 0 Å². The molecule has 0 unspecified atom stereocenters. The van der Waals surface area contributed by atoms with Gasteiger partial charge in [0.1, 0.15) is 18.3 Å². The zero-order valence-electron chi connectivity index (χ0n) is 13.4. The lowest BCUT2D eigenvalue weighted by atomic mass is 10.0. The summed E-state index contributed by atoms with van der Waals surface area (Å²) in [6, 6.07) is 8.03. The summed E-state index contributed by atoms with van der Waals surface area (Å²) < 4.78 is 3.92. The molecule has 0 bridgehead atoms. The average molecular weight is 344 g/mol. The van der Waals surface area contributed by atoms with Crippen LogP contribution in [-0.4, -0.2) is 43.2 Å². The smallest absolute Gasteiger partial charge is 0.270 e. The summed E-state index contributed by atoms with van der Waals surface area (Å²) in [5.41, 5.74) is 1.59. The molecule has 0 aliphatic carbocycles. The molecule has 0 radical (unpaired) electrons. The van der Waals surface area contributed by atoms with Gasteiger partial charge in [0.05, 0.1) is 10.5 Å². The molecule has 1 aromatic carbocycles. The van der Waals surface area contributed by atoms with E-state index in [-0.39, 0.29) is 5.91 Å². The van der Waals surface area contributed by atoms with E-state index in [1.807, 2.05) is 45.3 Å². The van der Waals surface area contributed by atoms with E-state index in [4.69, 9.17) is 11.6 Å². The first kappa shape index (κ1) is 15.2. The second-order valence-electron chi connectivity index (χ2n) is 6.20. The SMILES string of the molecule is Cn1c(C(=O)N2CCC(n3cnnc3)CC2)cc2cccc(Cl)c21. The molecular weight excluding hydrogens is 326 g/mol. The first-order valence-corrected chi connectivity index (χ1v) is 8.40. The summed E-state index contributed by atoms with van der Waals surface area (Å²) in [5, 5.41) is 9.38. The lowest BCUT2D eigenvalue weighted by Gasteiger charge is -2.32. The van der Waals surface area contributed by atoms with Crippen LogP contribution in [0.5, 0.6) is 0 Å². The van der Waals surface area contributed by atoms with Crippen molar-refractivity contribution in [3.8, 4) is 0 Å². The fraction of sp³-hybridized carbons (Fsp3) is 0.353. The highest BCUT2D eigenvalue weighted by atomic mass is 35.5. The Morgan fingerprint density at radius 3 is 2.58 bits per heavy atom. The van der Waals surface area contributed by atoms with E-state index in [0.717, 1.165) is 36.8 Å². The number of hydrogen-bond acceptors (Lipinski definition) is 3. The van der Waals surface area contributed by atoms with E-state index in [1.165, 1.54) is 0 Å². The minimum atomic E-state index is 0.0620. The van der Waals surface area contributed by atoms with Gasteiger partial charge in [0.2, 0.25) is 0 Å². The van der Waals surface area contributed by atoms with E-state index < -0.39 is 0 Å². The van der Waals surface area contributed by atoms with Crippen molar-refractivity contribution in [3.63, 3.8) is 0 Å². The monoisotopic (exact) mass is 343 g/mol. The Bertz CT molecular complexity index is 878. The number of likely N-dealkylation sites (tertiary alicyclic amines) is 1. The van der Waals surface area contributed by atoms with Crippen molar-refractivity contribution in [2.75, 3.05) is 13.1 Å². The van der Waals surface area contributed by atoms with Gasteiger partial charge in [-0.25, -0.2) is 0 Å². The summed E-state index contributed by atoms with van der Waals surface area (Å²) in [6.45, 7) is 1.47. The van der Waals surface area contributed by atoms with Crippen molar-refractivity contribution >= 4 is 28.4 Å². The molecule has 24 heavy (non-hydrogen) atoms. The lowest BCUT2D eigenvalue weighted by molar-refractivity contribution is 0.0685. The molecule has 1 amide bonds. The third-order valence-electron chi connectivity index (χ3n) is 4.84. The van der Waals surface area contributed by atoms with Crippen molar-refractivity contribution in [3.05, 3.63) is 47.6 Å². The van der Waals surface area contributed by atoms with Crippen LogP contribution < -0.4 is 0 Å². The number of carbonyl (C=O) groups excluding carboxylic acids is 1. The van der Waals surface area contributed by atoms with Crippen LogP contribution in [0.3, 0.4) is 0 Å². The number of halogens is 1. The molecule has 0 spiro atoms. The van der Waals surface area contributed by atoms with Crippen LogP contribution in [0.2, 0.25) is 5.02 Å². The molecule has 7 heteroatoms. The van der Waals surface area contributed by atoms with E-state index in [0.29, 0.717) is 16.8 Å². The van der Waals surface area contributed by atoms with E-state index in [9.17, 15) is 4.79 Å². The van der Waals surface area contributed by atoms with Crippen LogP contribution in [0.25, 0.3) is 10.9 Å². The molecule has 0 saturated carbocycles. The maximum Gasteiger partial charge on any atom is 0.270 e. The third-order valence-corrected chi connectivity index (χ3v) is 5.14. The first-order chi connectivity index (χ1) is 11.6. The number of fused-ring (bicyclic) bond motifs is 1. The lowest BCUT2D eigenvalue weighted by Crippen LogP contribution is -2.39. The number of carbonyl (C=O) groups is 1. The largest absolute Gasteiger partial charge is 0.338 e. The highest BCUT2D eigenvalue weighted by molar-refractivity contribution is 6.35. The molecule has 3 heterocycles. The molecule has 3 aromatic rings. The van der Waals surface area contributed by atoms with Crippen LogP contribution in [-0.2, 0) is 7.05 Å². The molecule has 4 rings (SSSR count). The normalized spacial score (nSPS) is 16.0. The zero-order chi connectivity index (χ0) is 16.7. The van der Waals surface area contributed by atoms with Crippen molar-refractivity contribution in [1.29, 1.82) is 0 Å². The molecule has 1 aliphatic heterocycles. The third kappa shape index (κ3) is 2.47. The Labute approximate surface area is 144 Å². The van der Waals surface area contributed by atoms with Gasteiger partial charge in [-0.15, -0.1) is 10.2 Å². The number of para-hydroxylation sites is 1. The van der Waals surface area contributed by atoms with Gasteiger partial charge in [-0.2, -0.15) is 0 Å². The molecule has 1 saturated heterocycles. The number of piperidine rings is 1. The summed E-state index contributed by atoms with van der Waals surface area (Å²) in [4.78, 5) is 14.8. The van der Waals surface area contributed by atoms with E-state index in [1.54, 1.807) is 12.7 Å². The molecule has 0 atom stereocenters. The summed E-state index contributed by atoms with van der Waals surface area (Å²) in [6.07, 6.45) is 5.31. The van der Waals surface area contributed by atoms with E-state index in [2.05, 4.69) is 10.2 Å². The Morgan fingerprint density at radius 2 is 1.92 bits per heavy atom. The van der Waals surface area contributed by atoms with Gasteiger partial charge < -0.3 is 14.0 Å². The first-order valence-electron chi connectivity index (χ1n) is 8.02. The van der Waals surface area contributed by atoms with Crippen LogP contribution in [0, 0.1) is 0 Å². The zero-order valence-corrected chi connectivity index (χ0v) is 14.1. The highest BCUT2D eigenvalue weighted by Crippen LogP contribution is 2.28. The maximum atomic E-state index is 12.9. The number of hydrogen-bond donors (Lipinski definition) is 0. The molecule has 2 aromatic heterocycles. The summed E-state index contributed by atoms with van der Waals surface area (Å²) >= 11 is 6.28. The van der Waals surface area contributed by atoms with Gasteiger partial charge in [-0.05, 0) is 25.0 Å². The molecule has 1 aliphatic rings. The molecule has 124 valence electrons. The van der Waals surface area contributed by atoms with Crippen molar-refractivity contribution < 1.29 is 4.79 Å². The number of benzene rings is 1. The van der Waals surface area contributed by atoms with Crippen LogP contribution in [0.1, 0.15) is 29.4 Å². The predicted molar refractivity (Wildman–Crippen MR) is 92.1 cm³/mol. The maximum absolute atomic E-state index is 12.9. The summed E-state index contributed by atoms with van der Waals surface area (Å²) in [7, 11) is 1.89. The minimum Gasteiger partial charge on any atom is -0.338 e. The Hall–Kier alpha value is -2.34. The van der Waals surface area contributed by atoms with Crippen LogP contribution >= 0.6 is 11.6 Å². The van der Waals surface area contributed by atoms with Gasteiger partial charge in [-0.3, -0.25) is 4.79 Å². The fourth-order valence-electron chi connectivity index (χ4n) is 3.50. The highest BCUT2D eigenvalue weighted by Gasteiger charge is 2.26. The topological polar surface area (TPSA) is 56.0 Å². The Kier molecular flexibility index (Phi) is 3.76. The van der Waals surface area contributed by atoms with Crippen molar-refractivity contribution in [1.82, 2.24) is 24.2 Å². The fourth-order valence-corrected chi connectivity index (χ4v) is 3.81.